The van der Waals surface area contributed by atoms with E-state index in [-0.39, 0.29) is 0 Å². The zero-order chi connectivity index (χ0) is 5.91. The van der Waals surface area contributed by atoms with Crippen LogP contribution in [0, 0.1) is 0 Å². The maximum absolute atomic E-state index is 7.89. The Morgan fingerprint density at radius 1 is 1.71 bits per heavy atom. The first-order valence-corrected chi connectivity index (χ1v) is 2.31. The van der Waals surface area contributed by atoms with E-state index in [0.29, 0.717) is 0 Å². The molecule has 0 aromatic rings. The van der Waals surface area contributed by atoms with Crippen LogP contribution in [0.1, 0.15) is 13.8 Å². The molecule has 0 bridgehead atoms. The average molecular weight is 122 g/mol. The van der Waals surface area contributed by atoms with Crippen molar-refractivity contribution in [1.82, 2.24) is 0 Å². The van der Waals surface area contributed by atoms with E-state index in [9.17, 15) is 0 Å². The predicted molar refractivity (Wildman–Crippen MR) is 30.2 cm³/mol. The lowest BCUT2D eigenvalue weighted by molar-refractivity contribution is 0.319. The Morgan fingerprint density at radius 3 is 2.14 bits per heavy atom. The fraction of sp³-hybridized carbons (Fsp3) is 0.750. The first kappa shape index (κ1) is 6.76. The van der Waals surface area contributed by atoms with Crippen molar-refractivity contribution < 1.29 is 5.21 Å². The second-order valence-electron chi connectivity index (χ2n) is 1.81. The lowest BCUT2D eigenvalue weighted by Crippen LogP contribution is -2.10. The van der Waals surface area contributed by atoms with Gasteiger partial charge in [0.15, 0.2) is 0 Å². The Labute approximate surface area is 47.8 Å². The molecule has 0 amide bonds. The molecule has 3 heteroatoms. The number of hydrogen-bond donors (Lipinski definition) is 1. The van der Waals surface area contributed by atoms with Crippen LogP contribution in [-0.4, -0.2) is 16.3 Å². The summed E-state index contributed by atoms with van der Waals surface area (Å²) in [5, 5.41) is 10.6. The van der Waals surface area contributed by atoms with E-state index in [1.54, 1.807) is 13.8 Å². The molecule has 0 aliphatic carbocycles. The van der Waals surface area contributed by atoms with E-state index in [4.69, 9.17) is 16.8 Å². The Hall–Kier alpha value is -0.240. The Morgan fingerprint density at radius 2 is 2.14 bits per heavy atom. The summed E-state index contributed by atoms with van der Waals surface area (Å²) >= 11 is 5.52. The topological polar surface area (TPSA) is 32.6 Å². The van der Waals surface area contributed by atoms with Gasteiger partial charge in [0.05, 0.1) is 11.1 Å². The quantitative estimate of drug-likeness (QED) is 0.242. The lowest BCUT2D eigenvalue weighted by Gasteiger charge is -2.03. The minimum absolute atomic E-state index is 0.519. The molecule has 0 aliphatic heterocycles. The zero-order valence-corrected chi connectivity index (χ0v) is 5.11. The normalized spacial score (nSPS) is 13.0. The van der Waals surface area contributed by atoms with Crippen molar-refractivity contribution in [1.29, 1.82) is 0 Å². The number of oxime groups is 1. The summed E-state index contributed by atoms with van der Waals surface area (Å²) in [6.45, 7) is 3.46. The van der Waals surface area contributed by atoms with Crippen LogP contribution in [0.4, 0.5) is 0 Å². The predicted octanol–water partition coefficient (Wildman–Crippen LogP) is 1.46. The van der Waals surface area contributed by atoms with Crippen molar-refractivity contribution in [2.45, 2.75) is 18.7 Å². The van der Waals surface area contributed by atoms with Gasteiger partial charge in [0.2, 0.25) is 0 Å². The molecule has 0 aromatic carbocycles. The smallest absolute Gasteiger partial charge is 0.0773 e. The van der Waals surface area contributed by atoms with Crippen LogP contribution in [0.5, 0.6) is 0 Å². The highest BCUT2D eigenvalue weighted by molar-refractivity contribution is 6.31. The molecule has 42 valence electrons. The van der Waals surface area contributed by atoms with Gasteiger partial charge in [-0.15, -0.1) is 16.8 Å². The molecule has 0 rings (SSSR count). The standard InChI is InChI=1S/C4H8ClNO/c1-4(2,5)3-6-7/h3,7H,1-2H3. The first-order chi connectivity index (χ1) is 3.06. The number of nitrogens with zero attached hydrogens (tertiary/aromatic N) is 1. The minimum atomic E-state index is -0.519. The summed E-state index contributed by atoms with van der Waals surface area (Å²) in [6, 6.07) is 0. The molecule has 0 heterocycles. The van der Waals surface area contributed by atoms with E-state index >= 15 is 0 Å². The highest BCUT2D eigenvalue weighted by atomic mass is 35.5. The molecule has 0 unspecified atom stereocenters. The van der Waals surface area contributed by atoms with Crippen LogP contribution >= 0.6 is 11.6 Å². The summed E-state index contributed by atoms with van der Waals surface area (Å²) in [5.74, 6) is 0. The zero-order valence-electron chi connectivity index (χ0n) is 4.35. The Kier molecular flexibility index (Phi) is 2.09. The van der Waals surface area contributed by atoms with Crippen molar-refractivity contribution in [3.63, 3.8) is 0 Å². The molecule has 0 fully saturated rings. The number of halogens is 1. The SMILES string of the molecule is CC(C)(Cl)C=NO. The molecule has 0 saturated carbocycles. The van der Waals surface area contributed by atoms with Crippen LogP contribution in [0.15, 0.2) is 5.16 Å². The van der Waals surface area contributed by atoms with Crippen molar-refractivity contribution in [3.8, 4) is 0 Å². The van der Waals surface area contributed by atoms with Gasteiger partial charge in [-0.25, -0.2) is 0 Å². The fourth-order valence-corrected chi connectivity index (χ4v) is 0.181. The molecule has 0 aliphatic rings. The first-order valence-electron chi connectivity index (χ1n) is 1.94. The molecular weight excluding hydrogens is 114 g/mol. The van der Waals surface area contributed by atoms with Crippen LogP contribution < -0.4 is 0 Å². The molecule has 0 spiro atoms. The Bertz CT molecular complexity index is 74.2. The van der Waals surface area contributed by atoms with Gasteiger partial charge in [-0.3, -0.25) is 0 Å². The van der Waals surface area contributed by atoms with E-state index in [1.165, 1.54) is 6.21 Å². The van der Waals surface area contributed by atoms with E-state index in [1.807, 2.05) is 0 Å². The third kappa shape index (κ3) is 5.76. The molecular formula is C4H8ClNO. The third-order valence-corrected chi connectivity index (χ3v) is 0.462. The van der Waals surface area contributed by atoms with Crippen LogP contribution in [0.2, 0.25) is 0 Å². The summed E-state index contributed by atoms with van der Waals surface area (Å²) in [5.41, 5.74) is 0. The highest BCUT2D eigenvalue weighted by Crippen LogP contribution is 2.07. The second-order valence-corrected chi connectivity index (χ2v) is 2.78. The van der Waals surface area contributed by atoms with Gasteiger partial charge in [0.25, 0.3) is 0 Å². The van der Waals surface area contributed by atoms with Gasteiger partial charge in [0, 0.05) is 0 Å². The lowest BCUT2D eigenvalue weighted by atomic mass is 10.2. The minimum Gasteiger partial charge on any atom is -0.411 e. The van der Waals surface area contributed by atoms with E-state index in [2.05, 4.69) is 5.16 Å². The number of rotatable bonds is 1. The van der Waals surface area contributed by atoms with Gasteiger partial charge in [-0.05, 0) is 13.8 Å². The maximum atomic E-state index is 7.89. The van der Waals surface area contributed by atoms with E-state index < -0.39 is 4.87 Å². The van der Waals surface area contributed by atoms with Crippen LogP contribution in [-0.2, 0) is 0 Å². The van der Waals surface area contributed by atoms with Crippen molar-refractivity contribution in [2.75, 3.05) is 0 Å². The summed E-state index contributed by atoms with van der Waals surface area (Å²) < 4.78 is 0. The van der Waals surface area contributed by atoms with Gasteiger partial charge < -0.3 is 5.21 Å². The van der Waals surface area contributed by atoms with Gasteiger partial charge in [-0.2, -0.15) is 0 Å². The largest absolute Gasteiger partial charge is 0.411 e. The molecule has 0 saturated heterocycles. The van der Waals surface area contributed by atoms with Gasteiger partial charge in [-0.1, -0.05) is 0 Å². The fourth-order valence-electron chi connectivity index (χ4n) is 0.137. The molecule has 7 heavy (non-hydrogen) atoms. The average Bonchev–Trinajstić information content (AvgIpc) is 1.30. The van der Waals surface area contributed by atoms with Crippen LogP contribution in [0.3, 0.4) is 0 Å². The van der Waals surface area contributed by atoms with Gasteiger partial charge in [0.1, 0.15) is 0 Å². The maximum Gasteiger partial charge on any atom is 0.0773 e. The summed E-state index contributed by atoms with van der Waals surface area (Å²) in [6.07, 6.45) is 1.26. The van der Waals surface area contributed by atoms with Crippen LogP contribution in [0.25, 0.3) is 0 Å². The molecule has 0 aromatic heterocycles. The molecule has 1 N–H and O–H groups in total. The molecule has 2 nitrogen and oxygen atoms in total. The third-order valence-electron chi connectivity index (χ3n) is 0.365. The summed E-state index contributed by atoms with van der Waals surface area (Å²) in [7, 11) is 0. The second kappa shape index (κ2) is 2.17. The Balaban J connectivity index is 3.56. The van der Waals surface area contributed by atoms with Crippen molar-refractivity contribution in [2.24, 2.45) is 5.16 Å². The number of alkyl halides is 1. The summed E-state index contributed by atoms with van der Waals surface area (Å²) in [4.78, 5) is -0.519. The molecule has 0 atom stereocenters. The van der Waals surface area contributed by atoms with Gasteiger partial charge >= 0.3 is 0 Å². The highest BCUT2D eigenvalue weighted by Gasteiger charge is 2.07. The van der Waals surface area contributed by atoms with Crippen molar-refractivity contribution >= 4 is 17.8 Å². The molecule has 0 radical (unpaired) electrons. The van der Waals surface area contributed by atoms with E-state index in [0.717, 1.165) is 0 Å². The number of hydrogen-bond acceptors (Lipinski definition) is 2. The monoisotopic (exact) mass is 121 g/mol. The van der Waals surface area contributed by atoms with Crippen molar-refractivity contribution in [3.05, 3.63) is 0 Å².